The van der Waals surface area contributed by atoms with Crippen LogP contribution in [0.15, 0.2) is 18.2 Å². The van der Waals surface area contributed by atoms with Gasteiger partial charge in [-0.2, -0.15) is 0 Å². The second-order valence-electron chi connectivity index (χ2n) is 4.86. The molecule has 1 atom stereocenters. The normalized spacial score (nSPS) is 20.9. The molecule has 2 N–H and O–H groups in total. The molecule has 0 bridgehead atoms. The van der Waals surface area contributed by atoms with Gasteiger partial charge in [0.1, 0.15) is 0 Å². The Morgan fingerprint density at radius 2 is 2.18 bits per heavy atom. The van der Waals surface area contributed by atoms with Crippen LogP contribution in [0.4, 0.5) is 0 Å². The maximum Gasteiger partial charge on any atom is 0.0501 e. The quantitative estimate of drug-likeness (QED) is 0.786. The number of aromatic nitrogens is 1. The van der Waals surface area contributed by atoms with E-state index in [0.717, 1.165) is 17.1 Å². The van der Waals surface area contributed by atoms with Gasteiger partial charge in [0, 0.05) is 22.1 Å². The number of H-pyrrole nitrogens is 1. The van der Waals surface area contributed by atoms with E-state index in [1.54, 1.807) is 0 Å². The summed E-state index contributed by atoms with van der Waals surface area (Å²) in [5.74, 6) is 0. The molecule has 0 spiro atoms. The van der Waals surface area contributed by atoms with E-state index in [1.165, 1.54) is 35.9 Å². The summed E-state index contributed by atoms with van der Waals surface area (Å²) in [6.45, 7) is 3.19. The molecular formula is C14H17ClN2. The van der Waals surface area contributed by atoms with Crippen molar-refractivity contribution in [2.24, 2.45) is 0 Å². The van der Waals surface area contributed by atoms with E-state index in [0.29, 0.717) is 6.04 Å². The van der Waals surface area contributed by atoms with Gasteiger partial charge in [-0.15, -0.1) is 0 Å². The molecule has 2 nitrogen and oxygen atoms in total. The van der Waals surface area contributed by atoms with Crippen molar-refractivity contribution in [2.45, 2.75) is 32.2 Å². The van der Waals surface area contributed by atoms with Crippen LogP contribution in [0.2, 0.25) is 5.02 Å². The summed E-state index contributed by atoms with van der Waals surface area (Å²) >= 11 is 6.15. The third-order valence-electron chi connectivity index (χ3n) is 3.70. The Bertz CT molecular complexity index is 538. The van der Waals surface area contributed by atoms with Gasteiger partial charge in [0.2, 0.25) is 0 Å². The topological polar surface area (TPSA) is 27.8 Å². The molecule has 0 amide bonds. The van der Waals surface area contributed by atoms with Crippen LogP contribution in [0.3, 0.4) is 0 Å². The van der Waals surface area contributed by atoms with Crippen molar-refractivity contribution >= 4 is 22.5 Å². The number of aromatic amines is 1. The minimum Gasteiger partial charge on any atom is -0.357 e. The first kappa shape index (κ1) is 11.1. The van der Waals surface area contributed by atoms with Gasteiger partial charge in [0.15, 0.2) is 0 Å². The van der Waals surface area contributed by atoms with Crippen LogP contribution in [0.1, 0.15) is 36.6 Å². The minimum absolute atomic E-state index is 0.481. The van der Waals surface area contributed by atoms with Crippen LogP contribution in [-0.4, -0.2) is 11.5 Å². The fourth-order valence-electron chi connectivity index (χ4n) is 2.65. The zero-order valence-corrected chi connectivity index (χ0v) is 10.8. The first-order valence-electron chi connectivity index (χ1n) is 6.27. The highest BCUT2D eigenvalue weighted by Gasteiger charge is 2.17. The molecule has 0 saturated carbocycles. The standard InChI is InChI=1S/C14H17ClN2/c1-9-11(15)6-5-10-8-13(17-14(9)10)12-4-2-3-7-16-12/h5-6,8,12,16-17H,2-4,7H2,1H3. The summed E-state index contributed by atoms with van der Waals surface area (Å²) in [4.78, 5) is 3.53. The Kier molecular flexibility index (Phi) is 2.85. The monoisotopic (exact) mass is 248 g/mol. The van der Waals surface area contributed by atoms with Crippen molar-refractivity contribution < 1.29 is 0 Å². The van der Waals surface area contributed by atoms with Crippen LogP contribution in [-0.2, 0) is 0 Å². The first-order valence-corrected chi connectivity index (χ1v) is 6.64. The third kappa shape index (κ3) is 1.96. The zero-order chi connectivity index (χ0) is 11.8. The smallest absolute Gasteiger partial charge is 0.0501 e. The Morgan fingerprint density at radius 1 is 1.29 bits per heavy atom. The van der Waals surface area contributed by atoms with Gasteiger partial charge in [-0.3, -0.25) is 0 Å². The Hall–Kier alpha value is -0.990. The van der Waals surface area contributed by atoms with E-state index in [1.807, 2.05) is 6.07 Å². The zero-order valence-electron chi connectivity index (χ0n) is 10.0. The first-order chi connectivity index (χ1) is 8.25. The predicted molar refractivity (Wildman–Crippen MR) is 72.6 cm³/mol. The van der Waals surface area contributed by atoms with Crippen molar-refractivity contribution in [1.82, 2.24) is 10.3 Å². The Labute approximate surface area is 106 Å². The summed E-state index contributed by atoms with van der Waals surface area (Å²) in [7, 11) is 0. The number of fused-ring (bicyclic) bond motifs is 1. The lowest BCUT2D eigenvalue weighted by atomic mass is 10.0. The van der Waals surface area contributed by atoms with E-state index in [2.05, 4.69) is 29.4 Å². The molecule has 1 aromatic carbocycles. The molecule has 1 aliphatic rings. The number of rotatable bonds is 1. The van der Waals surface area contributed by atoms with Crippen LogP contribution in [0.5, 0.6) is 0 Å². The third-order valence-corrected chi connectivity index (χ3v) is 4.11. The van der Waals surface area contributed by atoms with Crippen LogP contribution < -0.4 is 5.32 Å². The number of benzene rings is 1. The molecule has 0 radical (unpaired) electrons. The van der Waals surface area contributed by atoms with Crippen LogP contribution >= 0.6 is 11.6 Å². The van der Waals surface area contributed by atoms with E-state index < -0.39 is 0 Å². The van der Waals surface area contributed by atoms with Crippen molar-refractivity contribution in [3.63, 3.8) is 0 Å². The maximum atomic E-state index is 6.15. The molecule has 90 valence electrons. The van der Waals surface area contributed by atoms with Gasteiger partial charge in [-0.1, -0.05) is 24.1 Å². The molecule has 2 aromatic rings. The molecule has 2 heterocycles. The van der Waals surface area contributed by atoms with Gasteiger partial charge >= 0.3 is 0 Å². The van der Waals surface area contributed by atoms with E-state index in [9.17, 15) is 0 Å². The van der Waals surface area contributed by atoms with E-state index in [-0.39, 0.29) is 0 Å². The van der Waals surface area contributed by atoms with Crippen LogP contribution in [0.25, 0.3) is 10.9 Å². The summed E-state index contributed by atoms with van der Waals surface area (Å²) < 4.78 is 0. The molecule has 1 aromatic heterocycles. The van der Waals surface area contributed by atoms with Gasteiger partial charge in [-0.05, 0) is 44.0 Å². The molecule has 1 saturated heterocycles. The van der Waals surface area contributed by atoms with E-state index in [4.69, 9.17) is 11.6 Å². The number of nitrogens with one attached hydrogen (secondary N) is 2. The number of aryl methyl sites for hydroxylation is 1. The summed E-state index contributed by atoms with van der Waals surface area (Å²) in [5, 5.41) is 5.66. The second-order valence-corrected chi connectivity index (χ2v) is 5.27. The fourth-order valence-corrected chi connectivity index (χ4v) is 2.80. The van der Waals surface area contributed by atoms with Gasteiger partial charge in [0.25, 0.3) is 0 Å². The van der Waals surface area contributed by atoms with Gasteiger partial charge < -0.3 is 10.3 Å². The highest BCUT2D eigenvalue weighted by Crippen LogP contribution is 2.29. The Morgan fingerprint density at radius 3 is 2.94 bits per heavy atom. The maximum absolute atomic E-state index is 6.15. The molecule has 3 heteroatoms. The van der Waals surface area contributed by atoms with Crippen molar-refractivity contribution in [3.05, 3.63) is 34.5 Å². The molecule has 0 aliphatic carbocycles. The lowest BCUT2D eigenvalue weighted by molar-refractivity contribution is 0.407. The number of hydrogen-bond donors (Lipinski definition) is 2. The number of piperidine rings is 1. The fraction of sp³-hybridized carbons (Fsp3) is 0.429. The highest BCUT2D eigenvalue weighted by atomic mass is 35.5. The minimum atomic E-state index is 0.481. The largest absolute Gasteiger partial charge is 0.357 e. The highest BCUT2D eigenvalue weighted by molar-refractivity contribution is 6.32. The van der Waals surface area contributed by atoms with Gasteiger partial charge in [0.05, 0.1) is 5.52 Å². The van der Waals surface area contributed by atoms with E-state index >= 15 is 0 Å². The average Bonchev–Trinajstić information content (AvgIpc) is 2.80. The summed E-state index contributed by atoms with van der Waals surface area (Å²) in [5.41, 5.74) is 3.62. The van der Waals surface area contributed by atoms with Crippen molar-refractivity contribution in [1.29, 1.82) is 0 Å². The SMILES string of the molecule is Cc1c(Cl)ccc2cc(C3CCCCN3)[nH]c12. The number of halogens is 1. The molecule has 1 aliphatic heterocycles. The second kappa shape index (κ2) is 4.35. The lowest BCUT2D eigenvalue weighted by Crippen LogP contribution is -2.26. The molecule has 3 rings (SSSR count). The number of hydrogen-bond acceptors (Lipinski definition) is 1. The van der Waals surface area contributed by atoms with Gasteiger partial charge in [-0.25, -0.2) is 0 Å². The van der Waals surface area contributed by atoms with Crippen molar-refractivity contribution in [2.75, 3.05) is 6.54 Å². The van der Waals surface area contributed by atoms with Crippen LogP contribution in [0, 0.1) is 6.92 Å². The van der Waals surface area contributed by atoms with Crippen molar-refractivity contribution in [3.8, 4) is 0 Å². The summed E-state index contributed by atoms with van der Waals surface area (Å²) in [6, 6.07) is 6.80. The molecule has 1 unspecified atom stereocenters. The summed E-state index contributed by atoms with van der Waals surface area (Å²) in [6.07, 6.45) is 3.83. The Balaban J connectivity index is 2.04. The average molecular weight is 249 g/mol. The molecular weight excluding hydrogens is 232 g/mol. The lowest BCUT2D eigenvalue weighted by Gasteiger charge is -2.22. The molecule has 1 fully saturated rings. The molecule has 17 heavy (non-hydrogen) atoms. The predicted octanol–water partition coefficient (Wildman–Crippen LogP) is 3.94.